The van der Waals surface area contributed by atoms with E-state index in [1.165, 1.54) is 5.56 Å². The summed E-state index contributed by atoms with van der Waals surface area (Å²) < 4.78 is 23.2. The van der Waals surface area contributed by atoms with Crippen molar-refractivity contribution in [1.29, 1.82) is 0 Å². The van der Waals surface area contributed by atoms with Crippen molar-refractivity contribution in [3.63, 3.8) is 0 Å². The number of nitrogens with zero attached hydrogens (tertiary/aromatic N) is 1. The fourth-order valence-electron chi connectivity index (χ4n) is 5.39. The van der Waals surface area contributed by atoms with Crippen molar-refractivity contribution in [3.05, 3.63) is 58.7 Å². The molecular weight excluding hydrogens is 470 g/mol. The minimum Gasteiger partial charge on any atom is -0.492 e. The summed E-state index contributed by atoms with van der Waals surface area (Å²) in [7, 11) is 0. The summed E-state index contributed by atoms with van der Waals surface area (Å²) >= 11 is 0. The maximum atomic E-state index is 13.4. The topological polar surface area (TPSA) is 74.3 Å². The first-order valence-electron chi connectivity index (χ1n) is 13.2. The highest BCUT2D eigenvalue weighted by atomic mass is 16.7. The Morgan fingerprint density at radius 2 is 1.78 bits per heavy atom. The van der Waals surface area contributed by atoms with Gasteiger partial charge >= 0.3 is 5.97 Å². The molecule has 0 unspecified atom stereocenters. The van der Waals surface area contributed by atoms with Gasteiger partial charge in [-0.25, -0.2) is 0 Å². The predicted molar refractivity (Wildman–Crippen MR) is 139 cm³/mol. The van der Waals surface area contributed by atoms with Gasteiger partial charge in [0.1, 0.15) is 17.1 Å². The number of aryl methyl sites for hydroxylation is 1. The molecule has 1 spiro atoms. The number of carbonyl (C=O) groups is 2. The molecule has 3 aliphatic heterocycles. The standard InChI is InChI=1S/C30H37NO6/c1-28(2,3)37-26(32)11-7-20-6-10-24-23(16-20)30(19-34-24)12-14-31(15-13-30)27(33)21-8-9-22-18-35-29(4,5)36-25(22)17-21/h6,8-10,16-17H,7,11-15,18-19H2,1-5H3. The van der Waals surface area contributed by atoms with Crippen molar-refractivity contribution in [2.45, 2.75) is 83.7 Å². The lowest BCUT2D eigenvalue weighted by atomic mass is 9.74. The van der Waals surface area contributed by atoms with E-state index < -0.39 is 11.4 Å². The average Bonchev–Trinajstić information content (AvgIpc) is 3.18. The number of carbonyl (C=O) groups excluding carboxylic acids is 2. The average molecular weight is 508 g/mol. The molecule has 3 aliphatic rings. The SMILES string of the molecule is CC(C)(C)OC(=O)CCc1ccc2c(c1)C1(CCN(C(=O)c3ccc4c(c3)OC(C)(C)OC4)CC1)CO2. The maximum absolute atomic E-state index is 13.4. The molecule has 2 aromatic carbocycles. The Morgan fingerprint density at radius 3 is 2.51 bits per heavy atom. The fraction of sp³-hybridized carbons (Fsp3) is 0.533. The number of amides is 1. The van der Waals surface area contributed by atoms with Crippen LogP contribution >= 0.6 is 0 Å². The van der Waals surface area contributed by atoms with Gasteiger partial charge in [0.15, 0.2) is 0 Å². The van der Waals surface area contributed by atoms with Crippen LogP contribution in [0.2, 0.25) is 0 Å². The molecule has 3 heterocycles. The zero-order valence-corrected chi connectivity index (χ0v) is 22.5. The summed E-state index contributed by atoms with van der Waals surface area (Å²) in [5.41, 5.74) is 3.32. The van der Waals surface area contributed by atoms with Gasteiger partial charge in [-0.05, 0) is 63.8 Å². The Bertz CT molecular complexity index is 1200. The van der Waals surface area contributed by atoms with Crippen LogP contribution in [0, 0.1) is 0 Å². The van der Waals surface area contributed by atoms with Gasteiger partial charge in [0.25, 0.3) is 5.91 Å². The van der Waals surface area contributed by atoms with Crippen LogP contribution in [-0.4, -0.2) is 47.9 Å². The van der Waals surface area contributed by atoms with E-state index in [0.29, 0.717) is 50.5 Å². The molecule has 5 rings (SSSR count). The molecule has 0 saturated carbocycles. The van der Waals surface area contributed by atoms with Crippen LogP contribution in [0.3, 0.4) is 0 Å². The zero-order valence-electron chi connectivity index (χ0n) is 22.5. The highest BCUT2D eigenvalue weighted by Crippen LogP contribution is 2.46. The second-order valence-corrected chi connectivity index (χ2v) is 11.9. The predicted octanol–water partition coefficient (Wildman–Crippen LogP) is 5.17. The van der Waals surface area contributed by atoms with Gasteiger partial charge in [0, 0.05) is 55.5 Å². The summed E-state index contributed by atoms with van der Waals surface area (Å²) in [5, 5.41) is 0. The Morgan fingerprint density at radius 1 is 1.03 bits per heavy atom. The molecular formula is C30H37NO6. The van der Waals surface area contributed by atoms with Crippen LogP contribution in [0.5, 0.6) is 11.5 Å². The largest absolute Gasteiger partial charge is 0.492 e. The number of rotatable bonds is 4. The van der Waals surface area contributed by atoms with Gasteiger partial charge < -0.3 is 23.8 Å². The molecule has 37 heavy (non-hydrogen) atoms. The van der Waals surface area contributed by atoms with Crippen LogP contribution in [0.15, 0.2) is 36.4 Å². The van der Waals surface area contributed by atoms with E-state index >= 15 is 0 Å². The summed E-state index contributed by atoms with van der Waals surface area (Å²) in [6.07, 6.45) is 2.65. The van der Waals surface area contributed by atoms with Gasteiger partial charge in [0.2, 0.25) is 5.79 Å². The molecule has 0 aromatic heterocycles. The smallest absolute Gasteiger partial charge is 0.306 e. The number of esters is 1. The first kappa shape index (κ1) is 25.6. The molecule has 0 N–H and O–H groups in total. The molecule has 7 nitrogen and oxygen atoms in total. The first-order chi connectivity index (χ1) is 17.4. The lowest BCUT2D eigenvalue weighted by molar-refractivity contribution is -0.180. The van der Waals surface area contributed by atoms with Crippen molar-refractivity contribution in [1.82, 2.24) is 4.90 Å². The Kier molecular flexibility index (Phi) is 6.47. The fourth-order valence-corrected chi connectivity index (χ4v) is 5.39. The highest BCUT2D eigenvalue weighted by molar-refractivity contribution is 5.95. The third kappa shape index (κ3) is 5.47. The molecule has 0 radical (unpaired) electrons. The Balaban J connectivity index is 1.24. The van der Waals surface area contributed by atoms with Crippen molar-refractivity contribution in [2.75, 3.05) is 19.7 Å². The van der Waals surface area contributed by atoms with Crippen molar-refractivity contribution in [2.24, 2.45) is 0 Å². The van der Waals surface area contributed by atoms with Crippen LogP contribution in [0.4, 0.5) is 0 Å². The first-order valence-corrected chi connectivity index (χ1v) is 13.2. The molecule has 198 valence electrons. The quantitative estimate of drug-likeness (QED) is 0.532. The molecule has 0 aliphatic carbocycles. The molecule has 0 bridgehead atoms. The Labute approximate surface area is 219 Å². The second kappa shape index (κ2) is 9.35. The number of hydrogen-bond acceptors (Lipinski definition) is 6. The van der Waals surface area contributed by atoms with Gasteiger partial charge in [-0.2, -0.15) is 0 Å². The maximum Gasteiger partial charge on any atom is 0.306 e. The van der Waals surface area contributed by atoms with Crippen LogP contribution in [-0.2, 0) is 32.7 Å². The molecule has 1 fully saturated rings. The summed E-state index contributed by atoms with van der Waals surface area (Å²) in [6.45, 7) is 11.8. The van der Waals surface area contributed by atoms with E-state index in [9.17, 15) is 9.59 Å². The van der Waals surface area contributed by atoms with E-state index in [1.54, 1.807) is 0 Å². The van der Waals surface area contributed by atoms with Crippen LogP contribution in [0.1, 0.15) is 80.9 Å². The van der Waals surface area contributed by atoms with E-state index in [1.807, 2.05) is 69.9 Å². The van der Waals surface area contributed by atoms with E-state index in [-0.39, 0.29) is 17.3 Å². The number of piperidine rings is 1. The number of ether oxygens (including phenoxy) is 4. The van der Waals surface area contributed by atoms with Crippen molar-refractivity contribution in [3.8, 4) is 11.5 Å². The minimum atomic E-state index is -0.701. The number of fused-ring (bicyclic) bond motifs is 3. The van der Waals surface area contributed by atoms with Crippen LogP contribution in [0.25, 0.3) is 0 Å². The third-order valence-electron chi connectivity index (χ3n) is 7.41. The second-order valence-electron chi connectivity index (χ2n) is 11.9. The lowest BCUT2D eigenvalue weighted by Gasteiger charge is -2.39. The van der Waals surface area contributed by atoms with E-state index in [2.05, 4.69) is 6.07 Å². The van der Waals surface area contributed by atoms with Gasteiger partial charge in [-0.1, -0.05) is 18.2 Å². The summed E-state index contributed by atoms with van der Waals surface area (Å²) in [4.78, 5) is 27.5. The minimum absolute atomic E-state index is 0.0239. The molecule has 2 aromatic rings. The van der Waals surface area contributed by atoms with E-state index in [0.717, 1.165) is 29.7 Å². The number of hydrogen-bond donors (Lipinski definition) is 0. The molecule has 1 amide bonds. The number of likely N-dealkylation sites (tertiary alicyclic amines) is 1. The van der Waals surface area contributed by atoms with Crippen molar-refractivity contribution >= 4 is 11.9 Å². The zero-order chi connectivity index (χ0) is 26.4. The Hall–Kier alpha value is -3.06. The monoisotopic (exact) mass is 507 g/mol. The molecule has 7 heteroatoms. The lowest BCUT2D eigenvalue weighted by Crippen LogP contribution is -2.46. The van der Waals surface area contributed by atoms with Crippen LogP contribution < -0.4 is 9.47 Å². The van der Waals surface area contributed by atoms with E-state index in [4.69, 9.17) is 18.9 Å². The van der Waals surface area contributed by atoms with Gasteiger partial charge in [0.05, 0.1) is 13.2 Å². The summed E-state index contributed by atoms with van der Waals surface area (Å²) in [6, 6.07) is 11.9. The highest BCUT2D eigenvalue weighted by Gasteiger charge is 2.44. The molecule has 0 atom stereocenters. The third-order valence-corrected chi connectivity index (χ3v) is 7.41. The van der Waals surface area contributed by atoms with Gasteiger partial charge in [-0.3, -0.25) is 9.59 Å². The molecule has 1 saturated heterocycles. The van der Waals surface area contributed by atoms with Gasteiger partial charge in [-0.15, -0.1) is 0 Å². The number of benzene rings is 2. The van der Waals surface area contributed by atoms with Crippen molar-refractivity contribution < 1.29 is 28.5 Å². The normalized spacial score (nSPS) is 19.4. The summed E-state index contributed by atoms with van der Waals surface area (Å²) in [5.74, 6) is 0.767.